The van der Waals surface area contributed by atoms with Gasteiger partial charge in [0.25, 0.3) is 0 Å². The summed E-state index contributed by atoms with van der Waals surface area (Å²) in [6.45, 7) is 4.75. The number of thiophene rings is 1. The molecule has 0 aliphatic rings. The Balaban J connectivity index is 2.35. The summed E-state index contributed by atoms with van der Waals surface area (Å²) in [6, 6.07) is 8.30. The smallest absolute Gasteiger partial charge is 0.313 e. The van der Waals surface area contributed by atoms with Crippen LogP contribution in [-0.4, -0.2) is 11.9 Å². The largest absolute Gasteiger partial charge is 0.342 e. The molecule has 0 saturated heterocycles. The molecule has 17 heavy (non-hydrogen) atoms. The van der Waals surface area contributed by atoms with Crippen molar-refractivity contribution in [2.45, 2.75) is 19.3 Å². The predicted molar refractivity (Wildman–Crippen MR) is 74.1 cm³/mol. The summed E-state index contributed by atoms with van der Waals surface area (Å²) in [6.07, 6.45) is 0. The molecule has 4 heteroatoms. The third kappa shape index (κ3) is 2.61. The maximum Gasteiger partial charge on any atom is 0.313 e. The van der Waals surface area contributed by atoms with E-state index >= 15 is 0 Å². The molecule has 0 fully saturated rings. The lowest BCUT2D eigenvalue weighted by molar-refractivity contribution is 0.257. The minimum absolute atomic E-state index is 0.121. The number of hydrogen-bond acceptors (Lipinski definition) is 2. The highest BCUT2D eigenvalue weighted by atomic mass is 35.5. The molecule has 0 bridgehead atoms. The Morgan fingerprint density at radius 1 is 1.41 bits per heavy atom. The van der Waals surface area contributed by atoms with Crippen molar-refractivity contribution < 1.29 is 4.79 Å². The normalized spacial score (nSPS) is 11.7. The number of halogens is 1. The van der Waals surface area contributed by atoms with Gasteiger partial charge in [-0.3, -0.25) is 4.79 Å². The van der Waals surface area contributed by atoms with Gasteiger partial charge >= 0.3 is 5.37 Å². The van der Waals surface area contributed by atoms with Crippen molar-refractivity contribution in [2.24, 2.45) is 0 Å². The van der Waals surface area contributed by atoms with Gasteiger partial charge in [0.05, 0.1) is 0 Å². The van der Waals surface area contributed by atoms with E-state index in [9.17, 15) is 4.79 Å². The van der Waals surface area contributed by atoms with E-state index in [4.69, 9.17) is 11.6 Å². The van der Waals surface area contributed by atoms with Gasteiger partial charge in [-0.15, -0.1) is 11.3 Å². The minimum atomic E-state index is -0.502. The zero-order valence-electron chi connectivity index (χ0n) is 9.79. The molecule has 1 aromatic carbocycles. The van der Waals surface area contributed by atoms with Gasteiger partial charge in [0.15, 0.2) is 0 Å². The van der Waals surface area contributed by atoms with Crippen LogP contribution in [0.4, 0.5) is 4.79 Å². The maximum atomic E-state index is 10.8. The summed E-state index contributed by atoms with van der Waals surface area (Å²) < 4.78 is 1.27. The number of carbonyl (C=O) groups excluding carboxylic acids is 1. The van der Waals surface area contributed by atoms with Gasteiger partial charge in [0.1, 0.15) is 0 Å². The first-order valence-electron chi connectivity index (χ1n) is 5.41. The van der Waals surface area contributed by atoms with Crippen LogP contribution in [0.15, 0.2) is 29.6 Å². The fourth-order valence-corrected chi connectivity index (χ4v) is 3.11. The summed E-state index contributed by atoms with van der Waals surface area (Å²) in [5.41, 5.74) is 1.13. The summed E-state index contributed by atoms with van der Waals surface area (Å²) in [4.78, 5) is 10.8. The molecule has 2 rings (SSSR count). The Bertz CT molecular complexity index is 547. The van der Waals surface area contributed by atoms with Crippen LogP contribution in [0.5, 0.6) is 0 Å². The van der Waals surface area contributed by atoms with E-state index in [-0.39, 0.29) is 5.41 Å². The summed E-state index contributed by atoms with van der Waals surface area (Å²) in [5.74, 6) is 0. The van der Waals surface area contributed by atoms with Crippen molar-refractivity contribution in [2.75, 3.05) is 6.54 Å². The van der Waals surface area contributed by atoms with Gasteiger partial charge in [-0.05, 0) is 34.0 Å². The highest BCUT2D eigenvalue weighted by Gasteiger charge is 2.24. The molecule has 0 saturated carbocycles. The monoisotopic (exact) mass is 267 g/mol. The minimum Gasteiger partial charge on any atom is -0.342 e. The van der Waals surface area contributed by atoms with Crippen LogP contribution in [0.3, 0.4) is 0 Å². The van der Waals surface area contributed by atoms with Crippen molar-refractivity contribution in [1.82, 2.24) is 5.32 Å². The molecule has 0 unspecified atom stereocenters. The van der Waals surface area contributed by atoms with Gasteiger partial charge in [-0.2, -0.15) is 0 Å². The fourth-order valence-electron chi connectivity index (χ4n) is 1.89. The van der Waals surface area contributed by atoms with Crippen LogP contribution in [0.1, 0.15) is 19.4 Å². The van der Waals surface area contributed by atoms with Gasteiger partial charge in [0.2, 0.25) is 0 Å². The summed E-state index contributed by atoms with van der Waals surface area (Å²) >= 11 is 7.05. The molecule has 0 aliphatic carbocycles. The van der Waals surface area contributed by atoms with Gasteiger partial charge in [0, 0.05) is 16.7 Å². The molecule has 0 spiro atoms. The van der Waals surface area contributed by atoms with Gasteiger partial charge in [-0.1, -0.05) is 32.0 Å². The maximum absolute atomic E-state index is 10.8. The van der Waals surface area contributed by atoms with Crippen LogP contribution in [0, 0.1) is 0 Å². The second kappa shape index (κ2) is 4.67. The molecule has 0 radical (unpaired) electrons. The molecule has 2 aromatic rings. The highest BCUT2D eigenvalue weighted by Crippen LogP contribution is 2.34. The Hall–Kier alpha value is -1.06. The highest BCUT2D eigenvalue weighted by molar-refractivity contribution is 7.17. The van der Waals surface area contributed by atoms with E-state index in [1.54, 1.807) is 11.3 Å². The molecule has 0 aliphatic heterocycles. The van der Waals surface area contributed by atoms with Crippen LogP contribution in [-0.2, 0) is 5.41 Å². The molecular weight excluding hydrogens is 254 g/mol. The standard InChI is InChI=1S/C13H14ClNOS/c1-13(2,8-15-12(14)16)10-7-17-11-6-4-3-5-9(10)11/h3-7H,8H2,1-2H3,(H,15,16). The third-order valence-corrected chi connectivity index (χ3v) is 3.98. The van der Waals surface area contributed by atoms with Crippen LogP contribution >= 0.6 is 22.9 Å². The van der Waals surface area contributed by atoms with E-state index < -0.39 is 5.37 Å². The number of amides is 1. The van der Waals surface area contributed by atoms with Crippen molar-refractivity contribution >= 4 is 38.4 Å². The average molecular weight is 268 g/mol. The van der Waals surface area contributed by atoms with Crippen LogP contribution in [0.2, 0.25) is 0 Å². The zero-order chi connectivity index (χ0) is 12.5. The van der Waals surface area contributed by atoms with E-state index in [2.05, 4.69) is 36.7 Å². The summed E-state index contributed by atoms with van der Waals surface area (Å²) in [7, 11) is 0. The topological polar surface area (TPSA) is 29.1 Å². The average Bonchev–Trinajstić information content (AvgIpc) is 2.71. The third-order valence-electron chi connectivity index (χ3n) is 2.88. The molecule has 90 valence electrons. The molecule has 1 aromatic heterocycles. The van der Waals surface area contributed by atoms with Crippen LogP contribution < -0.4 is 5.32 Å². The van der Waals surface area contributed by atoms with Gasteiger partial charge < -0.3 is 5.32 Å². The molecule has 2 nitrogen and oxygen atoms in total. The first-order chi connectivity index (χ1) is 8.00. The number of benzene rings is 1. The molecule has 0 atom stereocenters. The quantitative estimate of drug-likeness (QED) is 0.658. The second-order valence-corrected chi connectivity index (χ2v) is 5.91. The van der Waals surface area contributed by atoms with Crippen molar-refractivity contribution in [3.63, 3.8) is 0 Å². The Morgan fingerprint density at radius 3 is 2.82 bits per heavy atom. The van der Waals surface area contributed by atoms with E-state index in [1.165, 1.54) is 15.6 Å². The number of rotatable bonds is 3. The first-order valence-corrected chi connectivity index (χ1v) is 6.66. The van der Waals surface area contributed by atoms with E-state index in [0.29, 0.717) is 6.54 Å². The lowest BCUT2D eigenvalue weighted by Gasteiger charge is -2.24. The van der Waals surface area contributed by atoms with Crippen molar-refractivity contribution in [3.8, 4) is 0 Å². The zero-order valence-corrected chi connectivity index (χ0v) is 11.4. The summed E-state index contributed by atoms with van der Waals surface area (Å²) in [5, 5.41) is 5.58. The Kier molecular flexibility index (Phi) is 3.40. The number of carbonyl (C=O) groups is 1. The van der Waals surface area contributed by atoms with Crippen molar-refractivity contribution in [1.29, 1.82) is 0 Å². The van der Waals surface area contributed by atoms with Gasteiger partial charge in [-0.25, -0.2) is 0 Å². The second-order valence-electron chi connectivity index (χ2n) is 4.66. The fraction of sp³-hybridized carbons (Fsp3) is 0.308. The van der Waals surface area contributed by atoms with E-state index in [1.807, 2.05) is 12.1 Å². The first kappa shape index (κ1) is 12.4. The Morgan fingerprint density at radius 2 is 2.12 bits per heavy atom. The predicted octanol–water partition coefficient (Wildman–Crippen LogP) is 4.13. The number of fused-ring (bicyclic) bond motifs is 1. The molecular formula is C13H14ClNOS. The Labute approximate surface area is 110 Å². The SMILES string of the molecule is CC(C)(CNC(=O)Cl)c1csc2ccccc12. The molecule has 1 N–H and O–H groups in total. The lowest BCUT2D eigenvalue weighted by Crippen LogP contribution is -2.34. The number of nitrogens with one attached hydrogen (secondary N) is 1. The number of hydrogen-bond donors (Lipinski definition) is 1. The molecule has 1 amide bonds. The van der Waals surface area contributed by atoms with E-state index in [0.717, 1.165) is 0 Å². The van der Waals surface area contributed by atoms with Crippen LogP contribution in [0.25, 0.3) is 10.1 Å². The lowest BCUT2D eigenvalue weighted by atomic mass is 9.84. The molecule has 1 heterocycles. The van der Waals surface area contributed by atoms with Crippen molar-refractivity contribution in [3.05, 3.63) is 35.2 Å².